The molecule has 0 spiro atoms. The highest BCUT2D eigenvalue weighted by molar-refractivity contribution is 5.71. The Balaban J connectivity index is 1.95. The normalized spacial score (nSPS) is 11.9. The average molecular weight is 1110 g/mol. The summed E-state index contributed by atoms with van der Waals surface area (Å²) < 4.78 is 48.2. The van der Waals surface area contributed by atoms with Crippen molar-refractivity contribution in [2.75, 3.05) is 54.9 Å². The summed E-state index contributed by atoms with van der Waals surface area (Å²) in [6.07, 6.45) is 23.1. The maximum absolute atomic E-state index is 12.8. The van der Waals surface area contributed by atoms with Gasteiger partial charge in [-0.25, -0.2) is 0 Å². The molecule has 0 aliphatic heterocycles. The third kappa shape index (κ3) is 21.5. The Bertz CT molecular complexity index is 2120. The molecular weight excluding hydrogens is 1010 g/mol. The highest BCUT2D eigenvalue weighted by Gasteiger charge is 2.26. The number of hydrogen-bond acceptors (Lipinski definition) is 12. The molecule has 0 N–H and O–H groups in total. The Morgan fingerprint density at radius 2 is 0.487 bits per heavy atom. The van der Waals surface area contributed by atoms with Crippen LogP contribution in [-0.2, 0) is 89.5 Å². The molecule has 12 heteroatoms. The predicted molar refractivity (Wildman–Crippen MR) is 317 cm³/mol. The monoisotopic (exact) mass is 1100 g/mol. The third-order valence-corrected chi connectivity index (χ3v) is 15.1. The summed E-state index contributed by atoms with van der Waals surface area (Å²) >= 11 is 0. The fourth-order valence-corrected chi connectivity index (χ4v) is 10.9. The second kappa shape index (κ2) is 36.3. The topological polar surface area (TPSA) is 142 Å². The first kappa shape index (κ1) is 64.8. The lowest BCUT2D eigenvalue weighted by atomic mass is 9.87. The summed E-state index contributed by atoms with van der Waals surface area (Å²) in [5.74, 6) is 1.34. The number of rotatable bonds is 36. The molecule has 440 valence electrons. The van der Waals surface area contributed by atoms with Gasteiger partial charge in [0.25, 0.3) is 0 Å². The predicted octanol–water partition coefficient (Wildman–Crippen LogP) is 14.6. The molecule has 12 nitrogen and oxygen atoms in total. The third-order valence-electron chi connectivity index (χ3n) is 15.1. The number of benzene rings is 4. The van der Waals surface area contributed by atoms with Crippen LogP contribution in [0.25, 0.3) is 0 Å². The van der Waals surface area contributed by atoms with Crippen molar-refractivity contribution in [1.29, 1.82) is 0 Å². The van der Waals surface area contributed by atoms with Crippen LogP contribution in [-0.4, -0.2) is 78.7 Å². The van der Waals surface area contributed by atoms with E-state index >= 15 is 0 Å². The van der Waals surface area contributed by atoms with E-state index < -0.39 is 0 Å². The minimum absolute atomic E-state index is 0.0646. The second-order valence-electron chi connectivity index (χ2n) is 21.6. The number of hydrogen-bond donors (Lipinski definition) is 0. The quantitative estimate of drug-likeness (QED) is 0.0214. The molecular formula is C68H96O12. The van der Waals surface area contributed by atoms with Gasteiger partial charge in [-0.3, -0.25) is 19.2 Å². The van der Waals surface area contributed by atoms with Gasteiger partial charge in [-0.05, 0) is 118 Å². The number of methoxy groups -OCH3 is 4. The van der Waals surface area contributed by atoms with Crippen LogP contribution in [0.4, 0.5) is 0 Å². The van der Waals surface area contributed by atoms with Crippen LogP contribution in [0.3, 0.4) is 0 Å². The zero-order valence-electron chi connectivity index (χ0n) is 50.1. The summed E-state index contributed by atoms with van der Waals surface area (Å²) in [5.41, 5.74) is 12.5. The van der Waals surface area contributed by atoms with E-state index in [9.17, 15) is 19.2 Å². The molecule has 1 aliphatic carbocycles. The molecule has 0 saturated carbocycles. The largest absolute Gasteiger partial charge is 0.492 e. The maximum atomic E-state index is 12.8. The van der Waals surface area contributed by atoms with E-state index in [1.165, 1.54) is 50.7 Å². The van der Waals surface area contributed by atoms with Gasteiger partial charge in [-0.15, -0.1) is 0 Å². The molecule has 0 heterocycles. The molecule has 5 rings (SSSR count). The van der Waals surface area contributed by atoms with Gasteiger partial charge in [0.2, 0.25) is 0 Å². The second-order valence-corrected chi connectivity index (χ2v) is 21.6. The Morgan fingerprint density at radius 1 is 0.300 bits per heavy atom. The van der Waals surface area contributed by atoms with Gasteiger partial charge in [0.05, 0.1) is 80.6 Å². The minimum Gasteiger partial charge on any atom is -0.492 e. The van der Waals surface area contributed by atoms with Crippen molar-refractivity contribution in [2.45, 2.75) is 207 Å². The van der Waals surface area contributed by atoms with E-state index in [1.807, 2.05) is 0 Å². The SMILES string of the molecule is CCCCCCc1cc2c(OCCC(=O)OC)c(c1)Cc1cc(CCCCCC)cc(c1OCCC(=O)OC)Cc1cc(CCCCCC)cc(c1OCCC(=O)OC)Cc1cc(CCCCCC)cc(c1OCCC(=O)OC)C2. The van der Waals surface area contributed by atoms with Crippen LogP contribution in [0.1, 0.15) is 223 Å². The molecule has 8 bridgehead atoms. The van der Waals surface area contributed by atoms with Crippen molar-refractivity contribution in [3.05, 3.63) is 115 Å². The smallest absolute Gasteiger partial charge is 0.308 e. The lowest BCUT2D eigenvalue weighted by Crippen LogP contribution is -2.14. The summed E-state index contributed by atoms with van der Waals surface area (Å²) in [7, 11) is 5.58. The van der Waals surface area contributed by atoms with Crippen molar-refractivity contribution in [1.82, 2.24) is 0 Å². The first-order valence-corrected chi connectivity index (χ1v) is 30.3. The molecule has 0 saturated heterocycles. The number of carbonyl (C=O) groups is 4. The number of fused-ring (bicyclic) bond motifs is 8. The molecule has 80 heavy (non-hydrogen) atoms. The van der Waals surface area contributed by atoms with Crippen molar-refractivity contribution in [3.8, 4) is 23.0 Å². The Morgan fingerprint density at radius 3 is 0.650 bits per heavy atom. The molecule has 0 aromatic heterocycles. The Kier molecular flexibility index (Phi) is 29.4. The van der Waals surface area contributed by atoms with Crippen LogP contribution in [0, 0.1) is 0 Å². The van der Waals surface area contributed by atoms with Crippen LogP contribution >= 0.6 is 0 Å². The lowest BCUT2D eigenvalue weighted by molar-refractivity contribution is -0.142. The fraction of sp³-hybridized carbons (Fsp3) is 0.588. The van der Waals surface area contributed by atoms with Gasteiger partial charge in [0, 0.05) is 25.7 Å². The summed E-state index contributed by atoms with van der Waals surface area (Å²) in [5, 5.41) is 0. The summed E-state index contributed by atoms with van der Waals surface area (Å²) in [6.45, 7) is 9.33. The van der Waals surface area contributed by atoms with E-state index in [-0.39, 0.29) is 76.0 Å². The van der Waals surface area contributed by atoms with Crippen LogP contribution in [0.15, 0.2) is 48.5 Å². The molecule has 0 fully saturated rings. The lowest BCUT2D eigenvalue weighted by Gasteiger charge is -2.25. The molecule has 4 aromatic rings. The first-order valence-electron chi connectivity index (χ1n) is 30.3. The zero-order chi connectivity index (χ0) is 57.5. The van der Waals surface area contributed by atoms with Crippen molar-refractivity contribution in [2.24, 2.45) is 0 Å². The van der Waals surface area contributed by atoms with E-state index in [2.05, 4.69) is 76.2 Å². The minimum atomic E-state index is -0.362. The molecule has 0 radical (unpaired) electrons. The Labute approximate surface area is 479 Å². The number of carbonyl (C=O) groups excluding carboxylic acids is 4. The van der Waals surface area contributed by atoms with E-state index in [0.717, 1.165) is 173 Å². The number of ether oxygens (including phenoxy) is 8. The highest BCUT2D eigenvalue weighted by Crippen LogP contribution is 2.42. The van der Waals surface area contributed by atoms with Gasteiger partial charge in [0.1, 0.15) is 23.0 Å². The summed E-state index contributed by atoms with van der Waals surface area (Å²) in [6, 6.07) is 18.2. The highest BCUT2D eigenvalue weighted by atomic mass is 16.5. The molecule has 0 atom stereocenters. The van der Waals surface area contributed by atoms with Gasteiger partial charge in [0.15, 0.2) is 0 Å². The van der Waals surface area contributed by atoms with Crippen molar-refractivity contribution < 1.29 is 57.1 Å². The Hall–Kier alpha value is -6.04. The fourth-order valence-electron chi connectivity index (χ4n) is 10.9. The van der Waals surface area contributed by atoms with E-state index in [4.69, 9.17) is 37.9 Å². The van der Waals surface area contributed by atoms with Gasteiger partial charge >= 0.3 is 23.9 Å². The molecule has 1 aliphatic rings. The van der Waals surface area contributed by atoms with Crippen LogP contribution in [0.2, 0.25) is 0 Å². The number of esters is 4. The van der Waals surface area contributed by atoms with Gasteiger partial charge in [-0.1, -0.05) is 153 Å². The van der Waals surface area contributed by atoms with Crippen LogP contribution in [0.5, 0.6) is 23.0 Å². The standard InChI is InChI=1S/C68H96O12/c1-9-13-17-21-25-49-37-53-45-55-39-50(26-22-18-14-10-2)41-57(66(55)78-34-30-62(70)74-6)47-59-43-52(28-24-20-16-12-4)44-60(68(59)80-36-32-64(72)76-8)48-58-42-51(27-23-19-15-11-3)40-56(67(58)79-35-31-63(71)75-7)46-54(38-49)65(53)77-33-29-61(69)73-5/h37-44H,9-36,45-48H2,1-8H3. The molecule has 0 unspecified atom stereocenters. The van der Waals surface area contributed by atoms with E-state index in [0.29, 0.717) is 48.7 Å². The molecule has 0 amide bonds. The van der Waals surface area contributed by atoms with Crippen molar-refractivity contribution in [3.63, 3.8) is 0 Å². The van der Waals surface area contributed by atoms with Gasteiger partial charge < -0.3 is 37.9 Å². The van der Waals surface area contributed by atoms with Gasteiger partial charge in [-0.2, -0.15) is 0 Å². The van der Waals surface area contributed by atoms with Crippen molar-refractivity contribution >= 4 is 23.9 Å². The number of aryl methyl sites for hydroxylation is 4. The van der Waals surface area contributed by atoms with E-state index in [1.54, 1.807) is 0 Å². The zero-order valence-corrected chi connectivity index (χ0v) is 50.1. The molecule has 4 aromatic carbocycles. The number of unbranched alkanes of at least 4 members (excludes halogenated alkanes) is 12. The summed E-state index contributed by atoms with van der Waals surface area (Å²) in [4.78, 5) is 51.1. The van der Waals surface area contributed by atoms with Crippen LogP contribution < -0.4 is 18.9 Å². The first-order chi connectivity index (χ1) is 39.0. The average Bonchev–Trinajstić information content (AvgIpc) is 3.45. The maximum Gasteiger partial charge on any atom is 0.308 e.